The number of carboxylic acid groups (broad SMARTS) is 1. The van der Waals surface area contributed by atoms with Crippen molar-refractivity contribution in [2.24, 2.45) is 0 Å². The van der Waals surface area contributed by atoms with Gasteiger partial charge in [-0.1, -0.05) is 0 Å². The molecule has 6 nitrogen and oxygen atoms in total. The van der Waals surface area contributed by atoms with E-state index in [1.54, 1.807) is 20.8 Å². The molecule has 1 aromatic heterocycles. The highest BCUT2D eigenvalue weighted by Gasteiger charge is 2.19. The first-order valence-electron chi connectivity index (χ1n) is 4.76. The number of hydrogen-bond donors (Lipinski definition) is 1. The van der Waals surface area contributed by atoms with E-state index in [2.05, 4.69) is 5.10 Å². The summed E-state index contributed by atoms with van der Waals surface area (Å²) in [5.74, 6) is -1.64. The van der Waals surface area contributed by atoms with Crippen LogP contribution in [0.4, 0.5) is 0 Å². The summed E-state index contributed by atoms with van der Waals surface area (Å²) < 4.78 is 6.15. The predicted molar refractivity (Wildman–Crippen MR) is 55.0 cm³/mol. The summed E-state index contributed by atoms with van der Waals surface area (Å²) in [6.45, 7) is 5.02. The third-order valence-corrected chi connectivity index (χ3v) is 1.63. The Kier molecular flexibility index (Phi) is 3.31. The minimum absolute atomic E-state index is 0.0362. The number of carboxylic acids is 1. The molecule has 0 aliphatic rings. The smallest absolute Gasteiger partial charge is 0.354 e. The summed E-state index contributed by atoms with van der Waals surface area (Å²) in [4.78, 5) is 22.2. The minimum Gasteiger partial charge on any atom is -0.477 e. The number of esters is 1. The van der Waals surface area contributed by atoms with E-state index in [0.717, 1.165) is 4.68 Å². The van der Waals surface area contributed by atoms with Crippen molar-refractivity contribution in [2.75, 3.05) is 0 Å². The third kappa shape index (κ3) is 3.38. The van der Waals surface area contributed by atoms with E-state index in [4.69, 9.17) is 9.84 Å². The number of hydrogen-bond acceptors (Lipinski definition) is 4. The van der Waals surface area contributed by atoms with Gasteiger partial charge in [0.15, 0.2) is 0 Å². The molecule has 1 rings (SSSR count). The van der Waals surface area contributed by atoms with Gasteiger partial charge < -0.3 is 9.84 Å². The summed E-state index contributed by atoms with van der Waals surface area (Å²) >= 11 is 0. The average molecular weight is 226 g/mol. The SMILES string of the molecule is CC(C)(C)OC(=O)Cn1nccc1C(=O)O. The van der Waals surface area contributed by atoms with E-state index in [0.29, 0.717) is 0 Å². The van der Waals surface area contributed by atoms with E-state index in [-0.39, 0.29) is 12.2 Å². The first kappa shape index (κ1) is 12.2. The molecular weight excluding hydrogens is 212 g/mol. The van der Waals surface area contributed by atoms with Gasteiger partial charge in [-0.15, -0.1) is 0 Å². The van der Waals surface area contributed by atoms with Gasteiger partial charge in [0.05, 0.1) is 0 Å². The molecule has 0 bridgehead atoms. The van der Waals surface area contributed by atoms with Gasteiger partial charge in [0.1, 0.15) is 17.8 Å². The van der Waals surface area contributed by atoms with Crippen LogP contribution in [-0.4, -0.2) is 32.4 Å². The number of carbonyl (C=O) groups excluding carboxylic acids is 1. The summed E-state index contributed by atoms with van der Waals surface area (Å²) in [7, 11) is 0. The average Bonchev–Trinajstić information content (AvgIpc) is 2.47. The van der Waals surface area contributed by atoms with Gasteiger partial charge in [-0.2, -0.15) is 5.10 Å². The van der Waals surface area contributed by atoms with E-state index in [1.807, 2.05) is 0 Å². The molecular formula is C10H14N2O4. The number of carbonyl (C=O) groups is 2. The Labute approximate surface area is 92.8 Å². The maximum Gasteiger partial charge on any atom is 0.354 e. The summed E-state index contributed by atoms with van der Waals surface area (Å²) in [5, 5.41) is 12.5. The van der Waals surface area contributed by atoms with Crippen LogP contribution in [0, 0.1) is 0 Å². The number of nitrogens with zero attached hydrogens (tertiary/aromatic N) is 2. The first-order chi connectivity index (χ1) is 7.29. The molecule has 6 heteroatoms. The summed E-state index contributed by atoms with van der Waals surface area (Å²) in [5.41, 5.74) is -0.626. The monoisotopic (exact) mass is 226 g/mol. The fourth-order valence-electron chi connectivity index (χ4n) is 1.14. The van der Waals surface area contributed by atoms with Gasteiger partial charge in [0.2, 0.25) is 0 Å². The summed E-state index contributed by atoms with van der Waals surface area (Å²) in [6.07, 6.45) is 1.33. The second-order valence-corrected chi connectivity index (χ2v) is 4.27. The topological polar surface area (TPSA) is 81.4 Å². The minimum atomic E-state index is -1.12. The Hall–Kier alpha value is -1.85. The van der Waals surface area contributed by atoms with Crippen molar-refractivity contribution in [3.8, 4) is 0 Å². The second-order valence-electron chi connectivity index (χ2n) is 4.27. The van der Waals surface area contributed by atoms with Crippen molar-refractivity contribution in [2.45, 2.75) is 32.9 Å². The lowest BCUT2D eigenvalue weighted by atomic mass is 10.2. The Morgan fingerprint density at radius 1 is 1.50 bits per heavy atom. The fraction of sp³-hybridized carbons (Fsp3) is 0.500. The molecule has 16 heavy (non-hydrogen) atoms. The molecule has 0 spiro atoms. The highest BCUT2D eigenvalue weighted by atomic mass is 16.6. The van der Waals surface area contributed by atoms with E-state index in [9.17, 15) is 9.59 Å². The van der Waals surface area contributed by atoms with Crippen LogP contribution < -0.4 is 0 Å². The van der Waals surface area contributed by atoms with Gasteiger partial charge in [0, 0.05) is 6.20 Å². The normalized spacial score (nSPS) is 11.2. The summed E-state index contributed by atoms with van der Waals surface area (Å²) in [6, 6.07) is 1.33. The van der Waals surface area contributed by atoms with Crippen molar-refractivity contribution in [1.82, 2.24) is 9.78 Å². The molecule has 1 aromatic rings. The number of aromatic carboxylic acids is 1. The van der Waals surface area contributed by atoms with Gasteiger partial charge >= 0.3 is 11.9 Å². The standard InChI is InChI=1S/C10H14N2O4/c1-10(2,3)16-8(13)6-12-7(9(14)15)4-5-11-12/h4-5H,6H2,1-3H3,(H,14,15). The lowest BCUT2D eigenvalue weighted by molar-refractivity contribution is -0.155. The first-order valence-corrected chi connectivity index (χ1v) is 4.76. The van der Waals surface area contributed by atoms with Crippen molar-refractivity contribution in [1.29, 1.82) is 0 Å². The predicted octanol–water partition coefficient (Wildman–Crippen LogP) is 0.923. The Bertz CT molecular complexity index is 403. The zero-order valence-corrected chi connectivity index (χ0v) is 9.43. The molecule has 0 saturated heterocycles. The third-order valence-electron chi connectivity index (χ3n) is 1.63. The molecule has 88 valence electrons. The van der Waals surface area contributed by atoms with Gasteiger partial charge in [-0.05, 0) is 26.8 Å². The highest BCUT2D eigenvalue weighted by Crippen LogP contribution is 2.08. The molecule has 0 fully saturated rings. The molecule has 0 aliphatic carbocycles. The maximum absolute atomic E-state index is 11.4. The molecule has 0 atom stereocenters. The van der Waals surface area contributed by atoms with Crippen LogP contribution in [0.2, 0.25) is 0 Å². The Balaban J connectivity index is 2.70. The molecule has 1 N–H and O–H groups in total. The molecule has 0 aliphatic heterocycles. The van der Waals surface area contributed by atoms with Gasteiger partial charge in [-0.25, -0.2) is 9.48 Å². The molecule has 0 unspecified atom stereocenters. The number of ether oxygens (including phenoxy) is 1. The van der Waals surface area contributed by atoms with Crippen LogP contribution in [0.5, 0.6) is 0 Å². The fourth-order valence-corrected chi connectivity index (χ4v) is 1.14. The Morgan fingerprint density at radius 3 is 2.62 bits per heavy atom. The van der Waals surface area contributed by atoms with Crippen LogP contribution in [0.1, 0.15) is 31.3 Å². The molecule has 0 aromatic carbocycles. The van der Waals surface area contributed by atoms with Crippen LogP contribution in [0.25, 0.3) is 0 Å². The zero-order valence-electron chi connectivity index (χ0n) is 9.43. The molecule has 0 saturated carbocycles. The van der Waals surface area contributed by atoms with Gasteiger partial charge in [0.25, 0.3) is 0 Å². The lowest BCUT2D eigenvalue weighted by Crippen LogP contribution is -2.27. The molecule has 0 radical (unpaired) electrons. The number of rotatable bonds is 3. The van der Waals surface area contributed by atoms with Gasteiger partial charge in [-0.3, -0.25) is 4.79 Å². The molecule has 0 amide bonds. The van der Waals surface area contributed by atoms with Crippen molar-refractivity contribution < 1.29 is 19.4 Å². The van der Waals surface area contributed by atoms with Crippen LogP contribution in [0.3, 0.4) is 0 Å². The maximum atomic E-state index is 11.4. The zero-order chi connectivity index (χ0) is 12.3. The van der Waals surface area contributed by atoms with Crippen molar-refractivity contribution >= 4 is 11.9 Å². The quantitative estimate of drug-likeness (QED) is 0.775. The largest absolute Gasteiger partial charge is 0.477 e. The van der Waals surface area contributed by atoms with Crippen molar-refractivity contribution in [3.05, 3.63) is 18.0 Å². The van der Waals surface area contributed by atoms with E-state index >= 15 is 0 Å². The van der Waals surface area contributed by atoms with E-state index < -0.39 is 17.5 Å². The second kappa shape index (κ2) is 4.34. The van der Waals surface area contributed by atoms with Crippen LogP contribution in [-0.2, 0) is 16.1 Å². The highest BCUT2D eigenvalue weighted by molar-refractivity contribution is 5.86. The van der Waals surface area contributed by atoms with Crippen LogP contribution >= 0.6 is 0 Å². The molecule has 1 heterocycles. The van der Waals surface area contributed by atoms with Crippen molar-refractivity contribution in [3.63, 3.8) is 0 Å². The van der Waals surface area contributed by atoms with Crippen LogP contribution in [0.15, 0.2) is 12.3 Å². The Morgan fingerprint density at radius 2 is 2.12 bits per heavy atom. The van der Waals surface area contributed by atoms with E-state index in [1.165, 1.54) is 12.3 Å². The number of aromatic nitrogens is 2. The lowest BCUT2D eigenvalue weighted by Gasteiger charge is -2.19.